The predicted octanol–water partition coefficient (Wildman–Crippen LogP) is 1.53. The molecular formula is C13H16N4O. The largest absolute Gasteiger partial charge is 0.508 e. The molecule has 0 fully saturated rings. The molecule has 0 aliphatic carbocycles. The number of phenols is 1. The molecule has 0 atom stereocenters. The third kappa shape index (κ3) is 2.75. The molecule has 5 nitrogen and oxygen atoms in total. The maximum Gasteiger partial charge on any atom is 0.159 e. The zero-order valence-electron chi connectivity index (χ0n) is 10.2. The number of nitrogens with zero attached hydrogens (tertiary/aromatic N) is 2. The molecule has 4 N–H and O–H groups in total. The van der Waals surface area contributed by atoms with Gasteiger partial charge in [0.05, 0.1) is 17.6 Å². The average Bonchev–Trinajstić information content (AvgIpc) is 2.37. The molecule has 0 saturated heterocycles. The summed E-state index contributed by atoms with van der Waals surface area (Å²) in [5.41, 5.74) is 7.96. The highest BCUT2D eigenvalue weighted by molar-refractivity contribution is 5.59. The van der Waals surface area contributed by atoms with Gasteiger partial charge in [0.15, 0.2) is 5.82 Å². The van der Waals surface area contributed by atoms with E-state index >= 15 is 0 Å². The Morgan fingerprint density at radius 2 is 2.22 bits per heavy atom. The number of nitrogens with two attached hydrogens (primary N) is 1. The fraction of sp³-hybridized carbons (Fsp3) is 0.231. The van der Waals surface area contributed by atoms with Gasteiger partial charge in [-0.15, -0.1) is 0 Å². The van der Waals surface area contributed by atoms with Gasteiger partial charge in [0.2, 0.25) is 0 Å². The van der Waals surface area contributed by atoms with Gasteiger partial charge >= 0.3 is 0 Å². The lowest BCUT2D eigenvalue weighted by Gasteiger charge is -2.08. The Kier molecular flexibility index (Phi) is 3.74. The standard InChI is InChI=1S/C13H16N4O/c1-9-12(15-6-5-14)8-16-13(17-9)10-3-2-4-11(18)7-10/h2-4,7-8,15,18H,5-6,14H2,1H3. The van der Waals surface area contributed by atoms with Gasteiger partial charge in [-0.25, -0.2) is 9.97 Å². The van der Waals surface area contributed by atoms with Crippen LogP contribution in [0.25, 0.3) is 11.4 Å². The molecule has 18 heavy (non-hydrogen) atoms. The van der Waals surface area contributed by atoms with Crippen molar-refractivity contribution >= 4 is 5.69 Å². The van der Waals surface area contributed by atoms with Crippen molar-refractivity contribution in [1.29, 1.82) is 0 Å². The number of benzene rings is 1. The van der Waals surface area contributed by atoms with Crippen molar-refractivity contribution in [2.24, 2.45) is 5.73 Å². The highest BCUT2D eigenvalue weighted by Crippen LogP contribution is 2.21. The van der Waals surface area contributed by atoms with Crippen LogP contribution in [0, 0.1) is 6.92 Å². The third-order valence-electron chi connectivity index (χ3n) is 2.54. The van der Waals surface area contributed by atoms with Gasteiger partial charge in [-0.05, 0) is 19.1 Å². The number of aryl methyl sites for hydroxylation is 1. The normalized spacial score (nSPS) is 10.3. The zero-order valence-corrected chi connectivity index (χ0v) is 10.2. The van der Waals surface area contributed by atoms with Crippen LogP contribution in [0.3, 0.4) is 0 Å². The lowest BCUT2D eigenvalue weighted by molar-refractivity contribution is 0.475. The lowest BCUT2D eigenvalue weighted by atomic mass is 10.2. The van der Waals surface area contributed by atoms with E-state index in [4.69, 9.17) is 5.73 Å². The summed E-state index contributed by atoms with van der Waals surface area (Å²) in [6, 6.07) is 6.89. The van der Waals surface area contributed by atoms with E-state index in [1.54, 1.807) is 24.4 Å². The smallest absolute Gasteiger partial charge is 0.159 e. The van der Waals surface area contributed by atoms with Crippen LogP contribution in [-0.4, -0.2) is 28.2 Å². The quantitative estimate of drug-likeness (QED) is 0.759. The number of aromatic hydroxyl groups is 1. The van der Waals surface area contributed by atoms with E-state index in [0.717, 1.165) is 16.9 Å². The molecule has 0 unspecified atom stereocenters. The number of rotatable bonds is 4. The highest BCUT2D eigenvalue weighted by atomic mass is 16.3. The fourth-order valence-electron chi connectivity index (χ4n) is 1.63. The van der Waals surface area contributed by atoms with Gasteiger partial charge in [-0.1, -0.05) is 12.1 Å². The van der Waals surface area contributed by atoms with Gasteiger partial charge in [0.25, 0.3) is 0 Å². The summed E-state index contributed by atoms with van der Waals surface area (Å²) in [7, 11) is 0. The van der Waals surface area contributed by atoms with Crippen molar-refractivity contribution in [2.45, 2.75) is 6.92 Å². The van der Waals surface area contributed by atoms with E-state index in [2.05, 4.69) is 15.3 Å². The Balaban J connectivity index is 2.28. The third-order valence-corrected chi connectivity index (χ3v) is 2.54. The van der Waals surface area contributed by atoms with E-state index in [1.807, 2.05) is 13.0 Å². The molecule has 0 aliphatic rings. The van der Waals surface area contributed by atoms with Crippen molar-refractivity contribution in [3.63, 3.8) is 0 Å². The SMILES string of the molecule is Cc1nc(-c2cccc(O)c2)ncc1NCCN. The fourth-order valence-corrected chi connectivity index (χ4v) is 1.63. The van der Waals surface area contributed by atoms with Gasteiger partial charge in [-0.3, -0.25) is 0 Å². The molecule has 0 aliphatic heterocycles. The van der Waals surface area contributed by atoms with Crippen molar-refractivity contribution in [1.82, 2.24) is 9.97 Å². The molecule has 5 heteroatoms. The zero-order chi connectivity index (χ0) is 13.0. The second kappa shape index (κ2) is 5.46. The van der Waals surface area contributed by atoms with E-state index in [-0.39, 0.29) is 5.75 Å². The number of phenolic OH excluding ortho intramolecular Hbond substituents is 1. The van der Waals surface area contributed by atoms with E-state index in [9.17, 15) is 5.11 Å². The van der Waals surface area contributed by atoms with Gasteiger partial charge < -0.3 is 16.2 Å². The molecule has 1 aromatic carbocycles. The number of anilines is 1. The van der Waals surface area contributed by atoms with Crippen LogP contribution in [0.5, 0.6) is 5.75 Å². The summed E-state index contributed by atoms with van der Waals surface area (Å²) < 4.78 is 0. The summed E-state index contributed by atoms with van der Waals surface area (Å²) in [5.74, 6) is 0.806. The van der Waals surface area contributed by atoms with Crippen molar-refractivity contribution in [3.05, 3.63) is 36.2 Å². The first-order valence-electron chi connectivity index (χ1n) is 5.77. The minimum Gasteiger partial charge on any atom is -0.508 e. The van der Waals surface area contributed by atoms with Crippen molar-refractivity contribution < 1.29 is 5.11 Å². The summed E-state index contributed by atoms with van der Waals surface area (Å²) in [6.07, 6.45) is 1.73. The van der Waals surface area contributed by atoms with Crippen LogP contribution in [0.4, 0.5) is 5.69 Å². The molecular weight excluding hydrogens is 228 g/mol. The summed E-state index contributed by atoms with van der Waals surface area (Å²) in [5, 5.41) is 12.6. The van der Waals surface area contributed by atoms with Crippen molar-refractivity contribution in [2.75, 3.05) is 18.4 Å². The van der Waals surface area contributed by atoms with Crippen LogP contribution < -0.4 is 11.1 Å². The molecule has 2 rings (SSSR count). The van der Waals surface area contributed by atoms with E-state index in [0.29, 0.717) is 18.9 Å². The molecule has 0 bridgehead atoms. The van der Waals surface area contributed by atoms with E-state index in [1.165, 1.54) is 0 Å². The summed E-state index contributed by atoms with van der Waals surface area (Å²) >= 11 is 0. The number of hydrogen-bond donors (Lipinski definition) is 3. The second-order valence-corrected chi connectivity index (χ2v) is 3.96. The minimum atomic E-state index is 0.207. The molecule has 0 spiro atoms. The Morgan fingerprint density at radius 1 is 1.39 bits per heavy atom. The van der Waals surface area contributed by atoms with Crippen molar-refractivity contribution in [3.8, 4) is 17.1 Å². The molecule has 0 amide bonds. The molecule has 94 valence electrons. The number of nitrogens with one attached hydrogen (secondary N) is 1. The minimum absolute atomic E-state index is 0.207. The maximum absolute atomic E-state index is 9.43. The average molecular weight is 244 g/mol. The summed E-state index contributed by atoms with van der Waals surface area (Å²) in [6.45, 7) is 3.16. The van der Waals surface area contributed by atoms with Crippen LogP contribution in [0.15, 0.2) is 30.5 Å². The van der Waals surface area contributed by atoms with Crippen LogP contribution in [0.1, 0.15) is 5.69 Å². The van der Waals surface area contributed by atoms with Gasteiger partial charge in [0, 0.05) is 18.7 Å². The number of aromatic nitrogens is 2. The van der Waals surface area contributed by atoms with E-state index < -0.39 is 0 Å². The Hall–Kier alpha value is -2.14. The Labute approximate surface area is 106 Å². The molecule has 0 radical (unpaired) electrons. The first-order valence-corrected chi connectivity index (χ1v) is 5.77. The molecule has 1 heterocycles. The second-order valence-electron chi connectivity index (χ2n) is 3.96. The van der Waals surface area contributed by atoms with Crippen LogP contribution >= 0.6 is 0 Å². The summed E-state index contributed by atoms with van der Waals surface area (Å²) in [4.78, 5) is 8.69. The monoisotopic (exact) mass is 244 g/mol. The molecule has 0 saturated carbocycles. The lowest BCUT2D eigenvalue weighted by Crippen LogP contribution is -2.14. The molecule has 1 aromatic heterocycles. The molecule has 2 aromatic rings. The highest BCUT2D eigenvalue weighted by Gasteiger charge is 2.05. The Bertz CT molecular complexity index is 542. The Morgan fingerprint density at radius 3 is 2.89 bits per heavy atom. The first kappa shape index (κ1) is 12.3. The van der Waals surface area contributed by atoms with Crippen LogP contribution in [0.2, 0.25) is 0 Å². The number of hydrogen-bond acceptors (Lipinski definition) is 5. The maximum atomic E-state index is 9.43. The van der Waals surface area contributed by atoms with Gasteiger partial charge in [0.1, 0.15) is 5.75 Å². The van der Waals surface area contributed by atoms with Crippen LogP contribution in [-0.2, 0) is 0 Å². The topological polar surface area (TPSA) is 84.1 Å². The van der Waals surface area contributed by atoms with Gasteiger partial charge in [-0.2, -0.15) is 0 Å². The first-order chi connectivity index (χ1) is 8.70. The predicted molar refractivity (Wildman–Crippen MR) is 71.4 cm³/mol.